The van der Waals surface area contributed by atoms with Crippen molar-refractivity contribution >= 4 is 15.9 Å². The molecule has 0 fully saturated rings. The van der Waals surface area contributed by atoms with Crippen molar-refractivity contribution in [2.24, 2.45) is 0 Å². The highest BCUT2D eigenvalue weighted by Crippen LogP contribution is 2.24. The molecule has 0 aliphatic rings. The Morgan fingerprint density at radius 2 is 2.19 bits per heavy atom. The van der Waals surface area contributed by atoms with Gasteiger partial charge in [0.1, 0.15) is 0 Å². The van der Waals surface area contributed by atoms with Crippen molar-refractivity contribution in [3.05, 3.63) is 34.3 Å². The molecule has 0 spiro atoms. The molecule has 16 heavy (non-hydrogen) atoms. The molecule has 0 radical (unpaired) electrons. The third kappa shape index (κ3) is 3.96. The molecule has 1 rings (SSSR count). The number of halogens is 1. The van der Waals surface area contributed by atoms with E-state index in [-0.39, 0.29) is 5.41 Å². The Morgan fingerprint density at radius 3 is 2.81 bits per heavy atom. The van der Waals surface area contributed by atoms with Crippen molar-refractivity contribution in [3.8, 4) is 6.07 Å². The van der Waals surface area contributed by atoms with Crippen molar-refractivity contribution in [1.82, 2.24) is 5.32 Å². The molecule has 0 aromatic heterocycles. The summed E-state index contributed by atoms with van der Waals surface area (Å²) in [6.07, 6.45) is 0.564. The molecule has 3 heteroatoms. The Labute approximate surface area is 106 Å². The quantitative estimate of drug-likeness (QED) is 0.841. The summed E-state index contributed by atoms with van der Waals surface area (Å²) in [5.41, 5.74) is 1.38. The van der Waals surface area contributed by atoms with Gasteiger partial charge in [-0.3, -0.25) is 0 Å². The van der Waals surface area contributed by atoms with Gasteiger partial charge in [0.15, 0.2) is 0 Å². The summed E-state index contributed by atoms with van der Waals surface area (Å²) in [5, 5.41) is 11.8. The van der Waals surface area contributed by atoms with E-state index in [0.29, 0.717) is 6.42 Å². The summed E-state index contributed by atoms with van der Waals surface area (Å²) < 4.78 is 1.11. The molecular formula is C13H17BrN2. The molecule has 0 atom stereocenters. The number of nitriles is 1. The smallest absolute Gasteiger partial charge is 0.0635 e. The second-order valence-electron chi connectivity index (χ2n) is 4.48. The van der Waals surface area contributed by atoms with Gasteiger partial charge in [0.2, 0.25) is 0 Å². The predicted molar refractivity (Wildman–Crippen MR) is 70.3 cm³/mol. The number of nitrogens with zero attached hydrogens (tertiary/aromatic N) is 1. The van der Waals surface area contributed by atoms with Gasteiger partial charge in [-0.1, -0.05) is 41.9 Å². The summed E-state index contributed by atoms with van der Waals surface area (Å²) in [7, 11) is 0. The topological polar surface area (TPSA) is 35.8 Å². The van der Waals surface area contributed by atoms with E-state index in [1.807, 2.05) is 6.07 Å². The van der Waals surface area contributed by atoms with E-state index in [4.69, 9.17) is 5.26 Å². The summed E-state index contributed by atoms with van der Waals surface area (Å²) in [6, 6.07) is 10.5. The second-order valence-corrected chi connectivity index (χ2v) is 5.39. The fourth-order valence-electron chi connectivity index (χ4n) is 1.56. The van der Waals surface area contributed by atoms with Crippen molar-refractivity contribution in [2.45, 2.75) is 25.7 Å². The molecule has 0 bridgehead atoms. The van der Waals surface area contributed by atoms with Gasteiger partial charge >= 0.3 is 0 Å². The molecule has 0 aliphatic carbocycles. The third-order valence-electron chi connectivity index (χ3n) is 2.59. The first-order valence-electron chi connectivity index (χ1n) is 5.40. The Morgan fingerprint density at radius 1 is 1.44 bits per heavy atom. The monoisotopic (exact) mass is 280 g/mol. The molecule has 0 heterocycles. The Hall–Kier alpha value is -0.850. The van der Waals surface area contributed by atoms with Crippen LogP contribution in [0.5, 0.6) is 0 Å². The van der Waals surface area contributed by atoms with Crippen LogP contribution in [0.25, 0.3) is 0 Å². The molecule has 0 aliphatic heterocycles. The lowest BCUT2D eigenvalue weighted by molar-refractivity contribution is 0.473. The van der Waals surface area contributed by atoms with Crippen molar-refractivity contribution in [3.63, 3.8) is 0 Å². The molecule has 1 aromatic carbocycles. The van der Waals surface area contributed by atoms with Crippen molar-refractivity contribution in [2.75, 3.05) is 13.1 Å². The summed E-state index contributed by atoms with van der Waals surface area (Å²) in [6.45, 7) is 6.04. The van der Waals surface area contributed by atoms with Crippen LogP contribution in [0, 0.1) is 11.3 Å². The molecule has 0 unspecified atom stereocenters. The highest BCUT2D eigenvalue weighted by Gasteiger charge is 2.19. The summed E-state index contributed by atoms with van der Waals surface area (Å²) >= 11 is 3.48. The van der Waals surface area contributed by atoms with Gasteiger partial charge in [-0.2, -0.15) is 5.26 Å². The largest absolute Gasteiger partial charge is 0.315 e. The van der Waals surface area contributed by atoms with Crippen LogP contribution in [0.4, 0.5) is 0 Å². The summed E-state index contributed by atoms with van der Waals surface area (Å²) in [5.74, 6) is 0. The van der Waals surface area contributed by atoms with E-state index in [1.165, 1.54) is 5.56 Å². The van der Waals surface area contributed by atoms with Crippen LogP contribution < -0.4 is 5.32 Å². The first kappa shape index (κ1) is 13.2. The maximum absolute atomic E-state index is 8.45. The second kappa shape index (κ2) is 6.03. The first-order valence-corrected chi connectivity index (χ1v) is 6.19. The van der Waals surface area contributed by atoms with E-state index in [9.17, 15) is 0 Å². The average molecular weight is 281 g/mol. The molecular weight excluding hydrogens is 264 g/mol. The molecule has 1 N–H and O–H groups in total. The number of hydrogen-bond donors (Lipinski definition) is 1. The molecule has 1 aromatic rings. The van der Waals surface area contributed by atoms with Crippen molar-refractivity contribution in [1.29, 1.82) is 5.26 Å². The average Bonchev–Trinajstić information content (AvgIpc) is 2.24. The fourth-order valence-corrected chi connectivity index (χ4v) is 1.96. The van der Waals surface area contributed by atoms with E-state index in [0.717, 1.165) is 17.6 Å². The Bertz CT molecular complexity index is 380. The minimum absolute atomic E-state index is 0.0826. The van der Waals surface area contributed by atoms with Gasteiger partial charge < -0.3 is 5.32 Å². The minimum Gasteiger partial charge on any atom is -0.315 e. The third-order valence-corrected chi connectivity index (χ3v) is 3.08. The Kier molecular flexibility index (Phi) is 4.98. The van der Waals surface area contributed by atoms with Gasteiger partial charge in [-0.25, -0.2) is 0 Å². The van der Waals surface area contributed by atoms with Crippen LogP contribution in [-0.4, -0.2) is 13.1 Å². The molecule has 0 saturated heterocycles. The maximum atomic E-state index is 8.45. The van der Waals surface area contributed by atoms with Crippen LogP contribution in [0.2, 0.25) is 0 Å². The van der Waals surface area contributed by atoms with Crippen LogP contribution in [0.1, 0.15) is 25.8 Å². The van der Waals surface area contributed by atoms with Crippen LogP contribution in [0.3, 0.4) is 0 Å². The van der Waals surface area contributed by atoms with Crippen LogP contribution >= 0.6 is 15.9 Å². The molecule has 0 saturated carbocycles. The zero-order chi connectivity index (χ0) is 12.0. The van der Waals surface area contributed by atoms with E-state index in [2.05, 4.69) is 59.4 Å². The number of nitrogens with one attached hydrogen (secondary N) is 1. The first-order chi connectivity index (χ1) is 7.56. The molecule has 2 nitrogen and oxygen atoms in total. The zero-order valence-electron chi connectivity index (χ0n) is 9.76. The fraction of sp³-hybridized carbons (Fsp3) is 0.462. The minimum atomic E-state index is 0.0826. The maximum Gasteiger partial charge on any atom is 0.0635 e. The van der Waals surface area contributed by atoms with Crippen LogP contribution in [-0.2, 0) is 5.41 Å². The molecule has 0 amide bonds. The van der Waals surface area contributed by atoms with Crippen LogP contribution in [0.15, 0.2) is 28.7 Å². The normalized spacial score (nSPS) is 11.1. The SMILES string of the molecule is CC(C)(CNCCC#N)c1cccc(Br)c1. The molecule has 86 valence electrons. The van der Waals surface area contributed by atoms with Gasteiger partial charge in [0.05, 0.1) is 6.07 Å². The van der Waals surface area contributed by atoms with E-state index < -0.39 is 0 Å². The van der Waals surface area contributed by atoms with E-state index in [1.54, 1.807) is 0 Å². The Balaban J connectivity index is 2.60. The zero-order valence-corrected chi connectivity index (χ0v) is 11.3. The van der Waals surface area contributed by atoms with E-state index >= 15 is 0 Å². The van der Waals surface area contributed by atoms with Crippen molar-refractivity contribution < 1.29 is 0 Å². The predicted octanol–water partition coefficient (Wildman–Crippen LogP) is 3.23. The number of benzene rings is 1. The lowest BCUT2D eigenvalue weighted by atomic mass is 9.84. The standard InChI is InChI=1S/C13H17BrN2/c1-13(2,10-16-8-4-7-15)11-5-3-6-12(14)9-11/h3,5-6,9,16H,4,8,10H2,1-2H3. The van der Waals surface area contributed by atoms with Gasteiger partial charge in [-0.15, -0.1) is 0 Å². The lowest BCUT2D eigenvalue weighted by Gasteiger charge is -2.25. The van der Waals surface area contributed by atoms with Gasteiger partial charge in [-0.05, 0) is 17.7 Å². The highest BCUT2D eigenvalue weighted by molar-refractivity contribution is 9.10. The lowest BCUT2D eigenvalue weighted by Crippen LogP contribution is -2.33. The number of hydrogen-bond acceptors (Lipinski definition) is 2. The van der Waals surface area contributed by atoms with Gasteiger partial charge in [0, 0.05) is 29.4 Å². The summed E-state index contributed by atoms with van der Waals surface area (Å²) in [4.78, 5) is 0. The van der Waals surface area contributed by atoms with Gasteiger partial charge in [0.25, 0.3) is 0 Å². The number of rotatable bonds is 5. The highest BCUT2D eigenvalue weighted by atomic mass is 79.9.